The zero-order valence-electron chi connectivity index (χ0n) is 15.0. The third kappa shape index (κ3) is 4.22. The van der Waals surface area contributed by atoms with Gasteiger partial charge in [-0.2, -0.15) is 0 Å². The summed E-state index contributed by atoms with van der Waals surface area (Å²) in [5, 5.41) is 9.53. The molecule has 0 atom stereocenters. The van der Waals surface area contributed by atoms with E-state index in [2.05, 4.69) is 6.92 Å². The first kappa shape index (κ1) is 18.8. The maximum atomic E-state index is 14.1. The molecule has 3 aromatic carbocycles. The van der Waals surface area contributed by atoms with Crippen LogP contribution in [-0.4, -0.2) is 11.1 Å². The van der Waals surface area contributed by atoms with Gasteiger partial charge in [0.1, 0.15) is 11.6 Å². The molecule has 0 unspecified atom stereocenters. The number of unbranched alkanes of at least 4 members (excludes halogenated alkanes) is 1. The topological polar surface area (TPSA) is 37.3 Å². The molecule has 0 fully saturated rings. The fourth-order valence-electron chi connectivity index (χ4n) is 3.09. The van der Waals surface area contributed by atoms with Gasteiger partial charge in [0.05, 0.1) is 5.56 Å². The monoisotopic (exact) mass is 366 g/mol. The molecule has 0 aliphatic rings. The lowest BCUT2D eigenvalue weighted by molar-refractivity contribution is 0.0697. The van der Waals surface area contributed by atoms with Crippen molar-refractivity contribution in [1.82, 2.24) is 0 Å². The number of carbonyl (C=O) groups is 1. The van der Waals surface area contributed by atoms with E-state index in [-0.39, 0.29) is 11.1 Å². The number of aryl methyl sites for hydroxylation is 1. The van der Waals surface area contributed by atoms with E-state index in [4.69, 9.17) is 0 Å². The van der Waals surface area contributed by atoms with Crippen LogP contribution in [0.15, 0.2) is 60.7 Å². The third-order valence-electron chi connectivity index (χ3n) is 4.58. The average Bonchev–Trinajstić information content (AvgIpc) is 2.66. The maximum Gasteiger partial charge on any atom is 0.336 e. The Morgan fingerprint density at radius 2 is 1.59 bits per heavy atom. The van der Waals surface area contributed by atoms with E-state index in [0.29, 0.717) is 11.1 Å². The molecule has 3 aromatic rings. The van der Waals surface area contributed by atoms with E-state index in [1.807, 2.05) is 24.3 Å². The summed E-state index contributed by atoms with van der Waals surface area (Å²) in [6, 6.07) is 15.8. The minimum absolute atomic E-state index is 0.141. The van der Waals surface area contributed by atoms with Gasteiger partial charge in [0, 0.05) is 11.6 Å². The maximum absolute atomic E-state index is 14.1. The highest BCUT2D eigenvalue weighted by Crippen LogP contribution is 2.31. The highest BCUT2D eigenvalue weighted by Gasteiger charge is 2.15. The minimum atomic E-state index is -1.05. The summed E-state index contributed by atoms with van der Waals surface area (Å²) in [6.07, 6.45) is 3.18. The van der Waals surface area contributed by atoms with Crippen molar-refractivity contribution in [3.63, 3.8) is 0 Å². The van der Waals surface area contributed by atoms with E-state index in [9.17, 15) is 18.7 Å². The van der Waals surface area contributed by atoms with Crippen LogP contribution < -0.4 is 0 Å². The van der Waals surface area contributed by atoms with Crippen molar-refractivity contribution >= 4 is 5.97 Å². The SMILES string of the molecule is CCCCc1ccc(-c2cc(-c3ccc(F)cc3F)ccc2C(=O)O)cc1. The van der Waals surface area contributed by atoms with Gasteiger partial charge in [-0.1, -0.05) is 43.7 Å². The van der Waals surface area contributed by atoms with Crippen LogP contribution in [0.5, 0.6) is 0 Å². The molecule has 0 aromatic heterocycles. The standard InChI is InChI=1S/C23H20F2O2/c1-2-3-4-15-5-7-16(8-6-15)21-13-17(9-11-20(21)23(26)27)19-12-10-18(24)14-22(19)25/h5-14H,2-4H2,1H3,(H,26,27). The molecular formula is C23H20F2O2. The second-order valence-electron chi connectivity index (χ2n) is 6.49. The Morgan fingerprint density at radius 3 is 2.22 bits per heavy atom. The number of rotatable bonds is 6. The molecule has 4 heteroatoms. The lowest BCUT2D eigenvalue weighted by atomic mass is 9.93. The Morgan fingerprint density at radius 1 is 0.889 bits per heavy atom. The molecule has 0 radical (unpaired) electrons. The van der Waals surface area contributed by atoms with Crippen LogP contribution in [0.2, 0.25) is 0 Å². The Balaban J connectivity index is 2.06. The van der Waals surface area contributed by atoms with Crippen molar-refractivity contribution in [3.8, 4) is 22.3 Å². The largest absolute Gasteiger partial charge is 0.478 e. The van der Waals surface area contributed by atoms with Crippen LogP contribution in [-0.2, 0) is 6.42 Å². The summed E-state index contributed by atoms with van der Waals surface area (Å²) >= 11 is 0. The van der Waals surface area contributed by atoms with Gasteiger partial charge in [-0.05, 0) is 59.4 Å². The number of carboxylic acids is 1. The molecule has 138 valence electrons. The molecule has 0 heterocycles. The number of carboxylic acid groups (broad SMARTS) is 1. The number of aromatic carboxylic acids is 1. The molecule has 0 bridgehead atoms. The van der Waals surface area contributed by atoms with E-state index in [1.54, 1.807) is 12.1 Å². The van der Waals surface area contributed by atoms with E-state index in [1.165, 1.54) is 23.8 Å². The van der Waals surface area contributed by atoms with E-state index < -0.39 is 17.6 Å². The van der Waals surface area contributed by atoms with Crippen LogP contribution >= 0.6 is 0 Å². The van der Waals surface area contributed by atoms with Crippen molar-refractivity contribution in [1.29, 1.82) is 0 Å². The second-order valence-corrected chi connectivity index (χ2v) is 6.49. The smallest absolute Gasteiger partial charge is 0.336 e. The number of hydrogen-bond donors (Lipinski definition) is 1. The van der Waals surface area contributed by atoms with Gasteiger partial charge in [-0.15, -0.1) is 0 Å². The molecule has 0 spiro atoms. The fraction of sp³-hybridized carbons (Fsp3) is 0.174. The Labute approximate surface area is 157 Å². The minimum Gasteiger partial charge on any atom is -0.478 e. The molecule has 3 rings (SSSR count). The summed E-state index contributed by atoms with van der Waals surface area (Å²) < 4.78 is 27.3. The van der Waals surface area contributed by atoms with Gasteiger partial charge in [-0.3, -0.25) is 0 Å². The summed E-state index contributed by atoms with van der Waals surface area (Å²) in [5.74, 6) is -2.38. The van der Waals surface area contributed by atoms with Gasteiger partial charge >= 0.3 is 5.97 Å². The first-order valence-electron chi connectivity index (χ1n) is 8.91. The van der Waals surface area contributed by atoms with Crippen LogP contribution in [0.3, 0.4) is 0 Å². The predicted molar refractivity (Wildman–Crippen MR) is 103 cm³/mol. The highest BCUT2D eigenvalue weighted by molar-refractivity contribution is 5.97. The van der Waals surface area contributed by atoms with Crippen molar-refractivity contribution in [2.24, 2.45) is 0 Å². The molecule has 0 aliphatic heterocycles. The summed E-state index contributed by atoms with van der Waals surface area (Å²) in [4.78, 5) is 11.6. The fourth-order valence-corrected chi connectivity index (χ4v) is 3.09. The van der Waals surface area contributed by atoms with Crippen molar-refractivity contribution in [2.45, 2.75) is 26.2 Å². The number of benzene rings is 3. The van der Waals surface area contributed by atoms with Crippen molar-refractivity contribution in [3.05, 3.63) is 83.4 Å². The zero-order chi connectivity index (χ0) is 19.4. The molecule has 0 saturated heterocycles. The van der Waals surface area contributed by atoms with Gasteiger partial charge in [0.15, 0.2) is 0 Å². The van der Waals surface area contributed by atoms with Gasteiger partial charge in [0.2, 0.25) is 0 Å². The second kappa shape index (κ2) is 8.12. The number of halogens is 2. The van der Waals surface area contributed by atoms with E-state index in [0.717, 1.165) is 30.9 Å². The molecule has 2 nitrogen and oxygen atoms in total. The Kier molecular flexibility index (Phi) is 5.65. The van der Waals surface area contributed by atoms with Crippen LogP contribution in [0.25, 0.3) is 22.3 Å². The Bertz CT molecular complexity index is 963. The van der Waals surface area contributed by atoms with Crippen molar-refractivity contribution < 1.29 is 18.7 Å². The molecule has 27 heavy (non-hydrogen) atoms. The normalized spacial score (nSPS) is 10.8. The van der Waals surface area contributed by atoms with Crippen LogP contribution in [0.1, 0.15) is 35.7 Å². The highest BCUT2D eigenvalue weighted by atomic mass is 19.1. The van der Waals surface area contributed by atoms with Crippen molar-refractivity contribution in [2.75, 3.05) is 0 Å². The first-order valence-corrected chi connectivity index (χ1v) is 8.91. The zero-order valence-corrected chi connectivity index (χ0v) is 15.0. The van der Waals surface area contributed by atoms with Crippen LogP contribution in [0.4, 0.5) is 8.78 Å². The molecule has 1 N–H and O–H groups in total. The molecule has 0 saturated carbocycles. The quantitative estimate of drug-likeness (QED) is 0.553. The first-order chi connectivity index (χ1) is 13.0. The number of hydrogen-bond acceptors (Lipinski definition) is 1. The summed E-state index contributed by atoms with van der Waals surface area (Å²) in [6.45, 7) is 2.13. The average molecular weight is 366 g/mol. The molecule has 0 aliphatic carbocycles. The summed E-state index contributed by atoms with van der Waals surface area (Å²) in [5.41, 5.74) is 3.32. The lowest BCUT2D eigenvalue weighted by Gasteiger charge is -2.11. The Hall–Kier alpha value is -3.01. The van der Waals surface area contributed by atoms with Gasteiger partial charge < -0.3 is 5.11 Å². The molecule has 0 amide bonds. The van der Waals surface area contributed by atoms with Gasteiger partial charge in [-0.25, -0.2) is 13.6 Å². The predicted octanol–water partition coefficient (Wildman–Crippen LogP) is 6.34. The third-order valence-corrected chi connectivity index (χ3v) is 4.58. The summed E-state index contributed by atoms with van der Waals surface area (Å²) in [7, 11) is 0. The van der Waals surface area contributed by atoms with Gasteiger partial charge in [0.25, 0.3) is 0 Å². The lowest BCUT2D eigenvalue weighted by Crippen LogP contribution is -2.00. The van der Waals surface area contributed by atoms with E-state index >= 15 is 0 Å². The van der Waals surface area contributed by atoms with Crippen LogP contribution in [0, 0.1) is 11.6 Å². The molecular weight excluding hydrogens is 346 g/mol.